The number of aryl methyl sites for hydroxylation is 1. The summed E-state index contributed by atoms with van der Waals surface area (Å²) in [6.45, 7) is 1.97. The van der Waals surface area contributed by atoms with Crippen molar-refractivity contribution in [2.75, 3.05) is 10.6 Å². The molecule has 3 rings (SSSR count). The second kappa shape index (κ2) is 8.77. The van der Waals surface area contributed by atoms with Crippen molar-refractivity contribution >= 4 is 38.4 Å². The average Bonchev–Trinajstić information content (AvgIpc) is 2.65. The fourth-order valence-electron chi connectivity index (χ4n) is 3.00. The number of anilines is 1. The molecule has 0 fully saturated rings. The molecule has 4 heteroatoms. The van der Waals surface area contributed by atoms with Crippen LogP contribution >= 0.6 is 15.9 Å². The molecule has 0 atom stereocenters. The molecule has 3 nitrogen and oxygen atoms in total. The van der Waals surface area contributed by atoms with E-state index in [-0.39, 0.29) is 5.91 Å². The topological polar surface area (TPSA) is 42.0 Å². The standard InChI is InChI=1S/C22H21BrN2O/c1-16-8-5-10-17(9-3-2-4-14-23)20(16)22(26)25-19-13-6-11-18-12-7-15-24-21(18)19/h2-3,5-8,10-13,15H,4,9,14H2,1H3,(H,25,26)/b3-2+. The highest BCUT2D eigenvalue weighted by atomic mass is 79.9. The third-order valence-corrected chi connectivity index (χ3v) is 4.71. The van der Waals surface area contributed by atoms with Gasteiger partial charge in [-0.2, -0.15) is 0 Å². The van der Waals surface area contributed by atoms with Gasteiger partial charge in [0.2, 0.25) is 0 Å². The molecule has 2 aromatic carbocycles. The van der Waals surface area contributed by atoms with Crippen molar-refractivity contribution in [2.45, 2.75) is 19.8 Å². The van der Waals surface area contributed by atoms with Crippen LogP contribution in [-0.2, 0) is 6.42 Å². The second-order valence-corrected chi connectivity index (χ2v) is 6.89. The number of hydrogen-bond acceptors (Lipinski definition) is 2. The number of fused-ring (bicyclic) bond motifs is 1. The third-order valence-electron chi connectivity index (χ3n) is 4.25. The Morgan fingerprint density at radius 2 is 1.92 bits per heavy atom. The number of nitrogens with zero attached hydrogens (tertiary/aromatic N) is 1. The zero-order chi connectivity index (χ0) is 18.4. The highest BCUT2D eigenvalue weighted by Crippen LogP contribution is 2.23. The van der Waals surface area contributed by atoms with Crippen LogP contribution in [0.4, 0.5) is 5.69 Å². The SMILES string of the molecule is Cc1cccc(C/C=C/CCBr)c1C(=O)Nc1cccc2cccnc12. The van der Waals surface area contributed by atoms with Crippen molar-refractivity contribution in [1.82, 2.24) is 4.98 Å². The zero-order valence-corrected chi connectivity index (χ0v) is 16.3. The smallest absolute Gasteiger partial charge is 0.256 e. The number of halogens is 1. The molecule has 0 aliphatic carbocycles. The number of pyridine rings is 1. The molecule has 0 radical (unpaired) electrons. The summed E-state index contributed by atoms with van der Waals surface area (Å²) in [6, 6.07) is 15.7. The summed E-state index contributed by atoms with van der Waals surface area (Å²) in [5, 5.41) is 5.00. The Hall–Kier alpha value is -2.46. The largest absolute Gasteiger partial charge is 0.320 e. The predicted octanol–water partition coefficient (Wildman–Crippen LogP) is 5.68. The Labute approximate surface area is 162 Å². The molecule has 0 saturated carbocycles. The quantitative estimate of drug-likeness (QED) is 0.421. The average molecular weight is 409 g/mol. The molecule has 1 amide bonds. The fraction of sp³-hybridized carbons (Fsp3) is 0.182. The lowest BCUT2D eigenvalue weighted by Gasteiger charge is -2.13. The summed E-state index contributed by atoms with van der Waals surface area (Å²) in [4.78, 5) is 17.4. The summed E-state index contributed by atoms with van der Waals surface area (Å²) in [7, 11) is 0. The number of allylic oxidation sites excluding steroid dienone is 2. The van der Waals surface area contributed by atoms with Crippen LogP contribution in [0.1, 0.15) is 27.9 Å². The normalized spacial score (nSPS) is 11.2. The lowest BCUT2D eigenvalue weighted by atomic mass is 9.98. The van der Waals surface area contributed by atoms with Crippen LogP contribution in [0.5, 0.6) is 0 Å². The van der Waals surface area contributed by atoms with Gasteiger partial charge in [0.1, 0.15) is 0 Å². The molecule has 1 aromatic heterocycles. The van der Waals surface area contributed by atoms with Crippen LogP contribution in [0.15, 0.2) is 66.9 Å². The van der Waals surface area contributed by atoms with E-state index in [9.17, 15) is 4.79 Å². The lowest BCUT2D eigenvalue weighted by molar-refractivity contribution is 0.102. The lowest BCUT2D eigenvalue weighted by Crippen LogP contribution is -2.16. The molecule has 132 valence electrons. The number of benzene rings is 2. The van der Waals surface area contributed by atoms with Crippen LogP contribution in [0.2, 0.25) is 0 Å². The summed E-state index contributed by atoms with van der Waals surface area (Å²) in [6.07, 6.45) is 7.71. The van der Waals surface area contributed by atoms with E-state index in [0.29, 0.717) is 0 Å². The van der Waals surface area contributed by atoms with E-state index >= 15 is 0 Å². The zero-order valence-electron chi connectivity index (χ0n) is 14.7. The molecule has 26 heavy (non-hydrogen) atoms. The van der Waals surface area contributed by atoms with Gasteiger partial charge in [0.25, 0.3) is 5.91 Å². The van der Waals surface area contributed by atoms with Gasteiger partial charge in [-0.05, 0) is 43.0 Å². The number of alkyl halides is 1. The number of amides is 1. The maximum Gasteiger partial charge on any atom is 0.256 e. The molecule has 0 spiro atoms. The van der Waals surface area contributed by atoms with E-state index in [1.165, 1.54) is 0 Å². The Morgan fingerprint density at radius 1 is 1.12 bits per heavy atom. The number of para-hydroxylation sites is 1. The van der Waals surface area contributed by atoms with Crippen LogP contribution in [0.3, 0.4) is 0 Å². The number of aromatic nitrogens is 1. The van der Waals surface area contributed by atoms with E-state index in [2.05, 4.69) is 38.4 Å². The minimum absolute atomic E-state index is 0.0925. The first-order valence-electron chi connectivity index (χ1n) is 8.65. The van der Waals surface area contributed by atoms with E-state index in [0.717, 1.165) is 51.5 Å². The molecule has 0 aliphatic rings. The number of rotatable bonds is 6. The molecule has 1 heterocycles. The summed E-state index contributed by atoms with van der Waals surface area (Å²) < 4.78 is 0. The van der Waals surface area contributed by atoms with Gasteiger partial charge in [0.05, 0.1) is 11.2 Å². The molecule has 0 unspecified atom stereocenters. The van der Waals surface area contributed by atoms with E-state index < -0.39 is 0 Å². The summed E-state index contributed by atoms with van der Waals surface area (Å²) in [5.74, 6) is -0.0925. The Morgan fingerprint density at radius 3 is 2.77 bits per heavy atom. The molecule has 1 N–H and O–H groups in total. The van der Waals surface area contributed by atoms with Crippen LogP contribution in [-0.4, -0.2) is 16.2 Å². The van der Waals surface area contributed by atoms with Gasteiger partial charge in [-0.3, -0.25) is 9.78 Å². The summed E-state index contributed by atoms with van der Waals surface area (Å²) in [5.41, 5.74) is 4.28. The number of nitrogens with one attached hydrogen (secondary N) is 1. The highest BCUT2D eigenvalue weighted by molar-refractivity contribution is 9.09. The van der Waals surface area contributed by atoms with Crippen molar-refractivity contribution in [3.8, 4) is 0 Å². The first kappa shape index (κ1) is 18.3. The van der Waals surface area contributed by atoms with Gasteiger partial charge in [-0.1, -0.05) is 64.5 Å². The minimum atomic E-state index is -0.0925. The van der Waals surface area contributed by atoms with E-state index in [4.69, 9.17) is 0 Å². The maximum absolute atomic E-state index is 13.0. The minimum Gasteiger partial charge on any atom is -0.320 e. The van der Waals surface area contributed by atoms with Gasteiger partial charge in [0, 0.05) is 22.5 Å². The second-order valence-electron chi connectivity index (χ2n) is 6.10. The van der Waals surface area contributed by atoms with Gasteiger partial charge >= 0.3 is 0 Å². The predicted molar refractivity (Wildman–Crippen MR) is 112 cm³/mol. The molecule has 3 aromatic rings. The monoisotopic (exact) mass is 408 g/mol. The van der Waals surface area contributed by atoms with Crippen molar-refractivity contribution < 1.29 is 4.79 Å². The first-order chi connectivity index (χ1) is 12.7. The van der Waals surface area contributed by atoms with Gasteiger partial charge in [-0.25, -0.2) is 0 Å². The molecule has 0 bridgehead atoms. The van der Waals surface area contributed by atoms with Crippen LogP contribution < -0.4 is 5.32 Å². The van der Waals surface area contributed by atoms with Crippen molar-refractivity contribution in [1.29, 1.82) is 0 Å². The fourth-order valence-corrected chi connectivity index (χ4v) is 3.27. The first-order valence-corrected chi connectivity index (χ1v) is 9.77. The van der Waals surface area contributed by atoms with Crippen molar-refractivity contribution in [3.05, 3.63) is 83.6 Å². The van der Waals surface area contributed by atoms with Crippen molar-refractivity contribution in [2.24, 2.45) is 0 Å². The van der Waals surface area contributed by atoms with Crippen LogP contribution in [0.25, 0.3) is 10.9 Å². The highest BCUT2D eigenvalue weighted by Gasteiger charge is 2.15. The molecular weight excluding hydrogens is 388 g/mol. The third kappa shape index (κ3) is 4.20. The molecule has 0 aliphatic heterocycles. The van der Waals surface area contributed by atoms with Gasteiger partial charge in [-0.15, -0.1) is 0 Å². The van der Waals surface area contributed by atoms with Gasteiger partial charge in [0.15, 0.2) is 0 Å². The molecular formula is C22H21BrN2O. The Balaban J connectivity index is 1.90. The van der Waals surface area contributed by atoms with Crippen molar-refractivity contribution in [3.63, 3.8) is 0 Å². The Bertz CT molecular complexity index is 945. The Kier molecular flexibility index (Phi) is 6.18. The van der Waals surface area contributed by atoms with E-state index in [1.807, 2.05) is 55.5 Å². The number of hydrogen-bond donors (Lipinski definition) is 1. The molecule has 0 saturated heterocycles. The maximum atomic E-state index is 13.0. The van der Waals surface area contributed by atoms with Gasteiger partial charge < -0.3 is 5.32 Å². The van der Waals surface area contributed by atoms with Crippen LogP contribution in [0, 0.1) is 6.92 Å². The number of carbonyl (C=O) groups excluding carboxylic acids is 1. The summed E-state index contributed by atoms with van der Waals surface area (Å²) >= 11 is 3.42. The number of carbonyl (C=O) groups is 1. The van der Waals surface area contributed by atoms with E-state index in [1.54, 1.807) is 6.20 Å².